The third kappa shape index (κ3) is 1.53. The lowest BCUT2D eigenvalue weighted by atomic mass is 10.0. The Kier molecular flexibility index (Phi) is 1.83. The van der Waals surface area contributed by atoms with Crippen molar-refractivity contribution in [3.05, 3.63) is 24.3 Å². The Balaban J connectivity index is 2.69. The standard InChI is InChI=1S/C8H11N/c1-7-3-5-8(9-2)6-4-7/h3,5H,1,4,6H2,2H3. The van der Waals surface area contributed by atoms with Crippen molar-refractivity contribution in [3.8, 4) is 0 Å². The molecule has 0 aliphatic heterocycles. The van der Waals surface area contributed by atoms with Crippen LogP contribution in [0.5, 0.6) is 0 Å². The van der Waals surface area contributed by atoms with Crippen molar-refractivity contribution < 1.29 is 0 Å². The van der Waals surface area contributed by atoms with Crippen molar-refractivity contribution in [1.29, 1.82) is 0 Å². The molecule has 48 valence electrons. The second-order valence-electron chi connectivity index (χ2n) is 2.21. The molecule has 1 aliphatic carbocycles. The number of allylic oxidation sites excluding steroid dienone is 3. The third-order valence-corrected chi connectivity index (χ3v) is 1.50. The Bertz CT molecular complexity index is 175. The van der Waals surface area contributed by atoms with E-state index in [0.717, 1.165) is 12.8 Å². The van der Waals surface area contributed by atoms with Gasteiger partial charge in [-0.1, -0.05) is 18.2 Å². The van der Waals surface area contributed by atoms with E-state index < -0.39 is 0 Å². The summed E-state index contributed by atoms with van der Waals surface area (Å²) in [4.78, 5) is 4.07. The molecule has 0 spiro atoms. The highest BCUT2D eigenvalue weighted by atomic mass is 14.7. The van der Waals surface area contributed by atoms with E-state index in [4.69, 9.17) is 0 Å². The lowest BCUT2D eigenvalue weighted by molar-refractivity contribution is 1.03. The summed E-state index contributed by atoms with van der Waals surface area (Å²) in [5, 5.41) is 0. The van der Waals surface area contributed by atoms with Crippen LogP contribution >= 0.6 is 0 Å². The predicted molar refractivity (Wildman–Crippen MR) is 40.9 cm³/mol. The number of aliphatic imine (C=N–C) groups is 1. The van der Waals surface area contributed by atoms with Gasteiger partial charge in [0.25, 0.3) is 0 Å². The first-order valence-electron chi connectivity index (χ1n) is 3.14. The molecule has 0 bridgehead atoms. The highest BCUT2D eigenvalue weighted by Gasteiger charge is 2.00. The van der Waals surface area contributed by atoms with Gasteiger partial charge in [-0.05, 0) is 18.9 Å². The quantitative estimate of drug-likeness (QED) is 0.464. The Labute approximate surface area is 55.8 Å². The molecule has 0 saturated heterocycles. The monoisotopic (exact) mass is 121 g/mol. The van der Waals surface area contributed by atoms with Crippen LogP contribution in [0.3, 0.4) is 0 Å². The molecule has 1 aliphatic rings. The van der Waals surface area contributed by atoms with Crippen LogP contribution in [0, 0.1) is 0 Å². The van der Waals surface area contributed by atoms with Crippen LogP contribution < -0.4 is 0 Å². The first kappa shape index (κ1) is 6.27. The molecule has 0 fully saturated rings. The van der Waals surface area contributed by atoms with Gasteiger partial charge in [0.15, 0.2) is 0 Å². The minimum atomic E-state index is 1.06. The molecule has 0 saturated carbocycles. The molecule has 0 amide bonds. The predicted octanol–water partition coefficient (Wildman–Crippen LogP) is 1.96. The van der Waals surface area contributed by atoms with Crippen LogP contribution in [-0.2, 0) is 0 Å². The van der Waals surface area contributed by atoms with E-state index in [9.17, 15) is 0 Å². The maximum absolute atomic E-state index is 4.07. The molecular formula is C8H11N. The normalized spacial score (nSPS) is 23.2. The van der Waals surface area contributed by atoms with Crippen molar-refractivity contribution in [3.63, 3.8) is 0 Å². The zero-order valence-corrected chi connectivity index (χ0v) is 5.72. The highest BCUT2D eigenvalue weighted by molar-refractivity contribution is 5.96. The third-order valence-electron chi connectivity index (χ3n) is 1.50. The molecule has 0 heterocycles. The van der Waals surface area contributed by atoms with Gasteiger partial charge in [0, 0.05) is 12.8 Å². The fraction of sp³-hybridized carbons (Fsp3) is 0.375. The summed E-state index contributed by atoms with van der Waals surface area (Å²) in [5.74, 6) is 0. The SMILES string of the molecule is C=C1C=CC(=NC)CC1. The number of rotatable bonds is 0. The molecule has 9 heavy (non-hydrogen) atoms. The molecule has 0 N–H and O–H groups in total. The topological polar surface area (TPSA) is 12.4 Å². The molecule has 0 radical (unpaired) electrons. The van der Waals surface area contributed by atoms with E-state index in [2.05, 4.69) is 11.6 Å². The molecule has 0 aromatic heterocycles. The molecule has 1 nitrogen and oxygen atoms in total. The molecule has 0 aromatic carbocycles. The molecule has 1 heteroatoms. The van der Waals surface area contributed by atoms with Crippen LogP contribution in [0.1, 0.15) is 12.8 Å². The minimum absolute atomic E-state index is 1.06. The molecular weight excluding hydrogens is 110 g/mol. The first-order valence-corrected chi connectivity index (χ1v) is 3.14. The fourth-order valence-electron chi connectivity index (χ4n) is 0.856. The lowest BCUT2D eigenvalue weighted by Crippen LogP contribution is -1.98. The van der Waals surface area contributed by atoms with E-state index in [1.165, 1.54) is 11.3 Å². The smallest absolute Gasteiger partial charge is 0.0348 e. The second-order valence-corrected chi connectivity index (χ2v) is 2.21. The maximum Gasteiger partial charge on any atom is 0.0348 e. The van der Waals surface area contributed by atoms with Crippen molar-refractivity contribution in [2.45, 2.75) is 12.8 Å². The van der Waals surface area contributed by atoms with Gasteiger partial charge < -0.3 is 0 Å². The second kappa shape index (κ2) is 2.62. The summed E-state index contributed by atoms with van der Waals surface area (Å²) in [6.45, 7) is 3.84. The van der Waals surface area contributed by atoms with Crippen LogP contribution in [0.4, 0.5) is 0 Å². The first-order chi connectivity index (χ1) is 4.33. The van der Waals surface area contributed by atoms with Crippen LogP contribution in [-0.4, -0.2) is 12.8 Å². The Hall–Kier alpha value is -0.850. The zero-order valence-electron chi connectivity index (χ0n) is 5.72. The van der Waals surface area contributed by atoms with Gasteiger partial charge in [-0.2, -0.15) is 0 Å². The van der Waals surface area contributed by atoms with E-state index in [0.29, 0.717) is 0 Å². The van der Waals surface area contributed by atoms with Crippen molar-refractivity contribution in [2.75, 3.05) is 7.05 Å². The average molecular weight is 121 g/mol. The summed E-state index contributed by atoms with van der Waals surface area (Å²) in [6, 6.07) is 0. The molecule has 0 aromatic rings. The minimum Gasteiger partial charge on any atom is -0.293 e. The van der Waals surface area contributed by atoms with Gasteiger partial charge >= 0.3 is 0 Å². The largest absolute Gasteiger partial charge is 0.293 e. The fourth-order valence-corrected chi connectivity index (χ4v) is 0.856. The van der Waals surface area contributed by atoms with Gasteiger partial charge in [-0.15, -0.1) is 0 Å². The average Bonchev–Trinajstić information content (AvgIpc) is 1.90. The van der Waals surface area contributed by atoms with E-state index in [1.807, 2.05) is 19.2 Å². The van der Waals surface area contributed by atoms with Gasteiger partial charge in [0.05, 0.1) is 0 Å². The molecule has 0 atom stereocenters. The number of nitrogens with zero attached hydrogens (tertiary/aromatic N) is 1. The van der Waals surface area contributed by atoms with E-state index >= 15 is 0 Å². The van der Waals surface area contributed by atoms with Gasteiger partial charge in [-0.3, -0.25) is 4.99 Å². The van der Waals surface area contributed by atoms with Gasteiger partial charge in [0.2, 0.25) is 0 Å². The summed E-state index contributed by atoms with van der Waals surface area (Å²) in [5.41, 5.74) is 2.39. The molecule has 0 unspecified atom stereocenters. The van der Waals surface area contributed by atoms with Crippen LogP contribution in [0.25, 0.3) is 0 Å². The summed E-state index contributed by atoms with van der Waals surface area (Å²) in [6.07, 6.45) is 6.20. The zero-order chi connectivity index (χ0) is 6.69. The lowest BCUT2D eigenvalue weighted by Gasteiger charge is -2.06. The Morgan fingerprint density at radius 1 is 1.44 bits per heavy atom. The van der Waals surface area contributed by atoms with E-state index in [-0.39, 0.29) is 0 Å². The molecule has 1 rings (SSSR count). The van der Waals surface area contributed by atoms with Crippen molar-refractivity contribution in [1.82, 2.24) is 0 Å². The summed E-state index contributed by atoms with van der Waals surface area (Å²) in [7, 11) is 1.83. The van der Waals surface area contributed by atoms with Crippen molar-refractivity contribution >= 4 is 5.71 Å². The van der Waals surface area contributed by atoms with Gasteiger partial charge in [0.1, 0.15) is 0 Å². The summed E-state index contributed by atoms with van der Waals surface area (Å²) >= 11 is 0. The number of hydrogen-bond acceptors (Lipinski definition) is 1. The summed E-state index contributed by atoms with van der Waals surface area (Å²) < 4.78 is 0. The van der Waals surface area contributed by atoms with E-state index in [1.54, 1.807) is 0 Å². The van der Waals surface area contributed by atoms with Crippen LogP contribution in [0.2, 0.25) is 0 Å². The number of hydrogen-bond donors (Lipinski definition) is 0. The maximum atomic E-state index is 4.07. The Morgan fingerprint density at radius 2 is 2.22 bits per heavy atom. The van der Waals surface area contributed by atoms with Gasteiger partial charge in [-0.25, -0.2) is 0 Å². The van der Waals surface area contributed by atoms with Crippen molar-refractivity contribution in [2.24, 2.45) is 4.99 Å². The Morgan fingerprint density at radius 3 is 2.67 bits per heavy atom. The van der Waals surface area contributed by atoms with Crippen LogP contribution in [0.15, 0.2) is 29.3 Å². The highest BCUT2D eigenvalue weighted by Crippen LogP contribution is 2.11.